The number of phenols is 1. The second-order valence-electron chi connectivity index (χ2n) is 7.48. The molecule has 7 nitrogen and oxygen atoms in total. The molecular weight excluding hydrogens is 484 g/mol. The molecule has 10 heteroatoms. The molecule has 1 atom stereocenters. The fraction of sp³-hybridized carbons (Fsp3) is 0.217. The summed E-state index contributed by atoms with van der Waals surface area (Å²) >= 11 is 1.74. The van der Waals surface area contributed by atoms with E-state index in [-0.39, 0.29) is 30.4 Å². The van der Waals surface area contributed by atoms with Crippen LogP contribution in [0.25, 0.3) is 20.2 Å². The van der Waals surface area contributed by atoms with Crippen molar-refractivity contribution in [3.05, 3.63) is 66.2 Å². The Bertz CT molecular complexity index is 1360. The number of aliphatic hydroxyl groups is 1. The third-order valence-corrected chi connectivity index (χ3v) is 6.66. The van der Waals surface area contributed by atoms with Gasteiger partial charge >= 0.3 is 0 Å². The van der Waals surface area contributed by atoms with Gasteiger partial charge in [-0.25, -0.2) is 8.42 Å². The average Bonchev–Trinajstić information content (AvgIpc) is 3.11. The molecule has 0 saturated heterocycles. The van der Waals surface area contributed by atoms with E-state index in [9.17, 15) is 18.6 Å². The van der Waals surface area contributed by atoms with E-state index < -0.39 is 16.1 Å². The first-order chi connectivity index (χ1) is 15.3. The highest BCUT2D eigenvalue weighted by Gasteiger charge is 2.13. The summed E-state index contributed by atoms with van der Waals surface area (Å²) in [5, 5.41) is 25.8. The van der Waals surface area contributed by atoms with Crippen molar-refractivity contribution < 1.29 is 23.4 Å². The highest BCUT2D eigenvalue weighted by atomic mass is 35.5. The number of fused-ring (bicyclic) bond motifs is 3. The summed E-state index contributed by atoms with van der Waals surface area (Å²) in [6.07, 6.45) is 0.126. The van der Waals surface area contributed by atoms with Crippen LogP contribution in [0.5, 0.6) is 11.5 Å². The molecule has 1 aromatic heterocycles. The molecule has 4 N–H and O–H groups in total. The summed E-state index contributed by atoms with van der Waals surface area (Å²) in [5.41, 5.74) is 0.515. The number of nitrogens with one attached hydrogen (secondary N) is 2. The minimum atomic E-state index is -3.54. The minimum Gasteiger partial charge on any atom is -0.506 e. The van der Waals surface area contributed by atoms with Gasteiger partial charge in [0.05, 0.1) is 18.0 Å². The van der Waals surface area contributed by atoms with Gasteiger partial charge in [0, 0.05) is 33.3 Å². The Morgan fingerprint density at radius 2 is 1.79 bits per heavy atom. The van der Waals surface area contributed by atoms with Crippen molar-refractivity contribution in [2.45, 2.75) is 6.10 Å². The highest BCUT2D eigenvalue weighted by molar-refractivity contribution is 7.92. The molecule has 0 saturated carbocycles. The number of halogens is 1. The number of aromatic hydroxyl groups is 1. The van der Waals surface area contributed by atoms with E-state index in [1.807, 2.05) is 24.3 Å². The Hall–Kier alpha value is -2.56. The SMILES string of the molecule is CS(=O)(=O)Nc1cc([C@@H](O)CNCCOc2ccc3c(c2)sc2ccccc23)ccc1O.Cl. The first-order valence-electron chi connectivity index (χ1n) is 10.0. The molecule has 4 rings (SSSR count). The van der Waals surface area contributed by atoms with Crippen LogP contribution in [-0.2, 0) is 10.0 Å². The van der Waals surface area contributed by atoms with Crippen LogP contribution in [0.4, 0.5) is 5.69 Å². The van der Waals surface area contributed by atoms with Crippen LogP contribution >= 0.6 is 23.7 Å². The molecule has 0 bridgehead atoms. The predicted molar refractivity (Wildman–Crippen MR) is 136 cm³/mol. The number of hydrogen-bond donors (Lipinski definition) is 4. The van der Waals surface area contributed by atoms with Gasteiger partial charge in [-0.3, -0.25) is 4.72 Å². The van der Waals surface area contributed by atoms with Crippen LogP contribution in [0.3, 0.4) is 0 Å². The molecule has 176 valence electrons. The highest BCUT2D eigenvalue weighted by Crippen LogP contribution is 2.35. The summed E-state index contributed by atoms with van der Waals surface area (Å²) < 4.78 is 33.3. The lowest BCUT2D eigenvalue weighted by Crippen LogP contribution is -2.26. The number of sulfonamides is 1. The van der Waals surface area contributed by atoms with Gasteiger partial charge in [-0.1, -0.05) is 24.3 Å². The van der Waals surface area contributed by atoms with Crippen molar-refractivity contribution in [2.24, 2.45) is 0 Å². The van der Waals surface area contributed by atoms with E-state index in [4.69, 9.17) is 4.74 Å². The summed E-state index contributed by atoms with van der Waals surface area (Å²) in [5.74, 6) is 0.588. The molecule has 0 spiro atoms. The summed E-state index contributed by atoms with van der Waals surface area (Å²) in [7, 11) is -3.54. The second-order valence-corrected chi connectivity index (χ2v) is 10.3. The third kappa shape index (κ3) is 6.27. The Balaban J connectivity index is 0.00000306. The predicted octanol–water partition coefficient (Wildman–Crippen LogP) is 4.26. The summed E-state index contributed by atoms with van der Waals surface area (Å²) in [4.78, 5) is 0. The van der Waals surface area contributed by atoms with Gasteiger partial charge in [-0.2, -0.15) is 0 Å². The zero-order valence-electron chi connectivity index (χ0n) is 17.8. The number of rotatable bonds is 9. The maximum atomic E-state index is 11.4. The molecule has 0 aliphatic rings. The summed E-state index contributed by atoms with van der Waals surface area (Å²) in [6, 6.07) is 18.7. The minimum absolute atomic E-state index is 0. The van der Waals surface area contributed by atoms with E-state index in [0.29, 0.717) is 18.7 Å². The molecule has 0 amide bonds. The van der Waals surface area contributed by atoms with Crippen LogP contribution in [0.15, 0.2) is 60.7 Å². The topological polar surface area (TPSA) is 108 Å². The number of benzene rings is 3. The van der Waals surface area contributed by atoms with E-state index >= 15 is 0 Å². The van der Waals surface area contributed by atoms with Crippen molar-refractivity contribution in [2.75, 3.05) is 30.7 Å². The zero-order chi connectivity index (χ0) is 22.7. The lowest BCUT2D eigenvalue weighted by Gasteiger charge is -2.15. The zero-order valence-corrected chi connectivity index (χ0v) is 20.3. The number of hydrogen-bond acceptors (Lipinski definition) is 7. The first kappa shape index (κ1) is 25.1. The quantitative estimate of drug-likeness (QED) is 0.199. The normalized spacial score (nSPS) is 12.4. The molecule has 0 unspecified atom stereocenters. The molecule has 4 aromatic rings. The molecule has 1 heterocycles. The Morgan fingerprint density at radius 3 is 2.58 bits per heavy atom. The van der Waals surface area contributed by atoms with Crippen molar-refractivity contribution in [3.8, 4) is 11.5 Å². The lowest BCUT2D eigenvalue weighted by atomic mass is 10.1. The number of ether oxygens (including phenoxy) is 1. The van der Waals surface area contributed by atoms with Crippen molar-refractivity contribution in [1.29, 1.82) is 0 Å². The molecule has 0 fully saturated rings. The van der Waals surface area contributed by atoms with Crippen LogP contribution in [-0.4, -0.2) is 44.6 Å². The van der Waals surface area contributed by atoms with Gasteiger partial charge in [-0.15, -0.1) is 23.7 Å². The van der Waals surface area contributed by atoms with E-state index in [1.54, 1.807) is 17.4 Å². The first-order valence-corrected chi connectivity index (χ1v) is 12.7. The fourth-order valence-electron chi connectivity index (χ4n) is 3.44. The van der Waals surface area contributed by atoms with Gasteiger partial charge in [0.15, 0.2) is 0 Å². The van der Waals surface area contributed by atoms with E-state index in [0.717, 1.165) is 12.0 Å². The maximum Gasteiger partial charge on any atom is 0.229 e. The molecule has 3 aromatic carbocycles. The number of aliphatic hydroxyl groups excluding tert-OH is 1. The lowest BCUT2D eigenvalue weighted by molar-refractivity contribution is 0.172. The smallest absolute Gasteiger partial charge is 0.229 e. The van der Waals surface area contributed by atoms with E-state index in [2.05, 4.69) is 28.2 Å². The monoisotopic (exact) mass is 508 g/mol. The molecule has 0 aliphatic carbocycles. The Labute approximate surface area is 202 Å². The molecule has 0 radical (unpaired) electrons. The van der Waals surface area contributed by atoms with Gasteiger partial charge in [0.25, 0.3) is 0 Å². The Morgan fingerprint density at radius 1 is 1.03 bits per heavy atom. The van der Waals surface area contributed by atoms with Crippen LogP contribution in [0, 0.1) is 0 Å². The van der Waals surface area contributed by atoms with Crippen molar-refractivity contribution >= 4 is 59.6 Å². The fourth-order valence-corrected chi connectivity index (χ4v) is 5.13. The maximum absolute atomic E-state index is 11.4. The van der Waals surface area contributed by atoms with Gasteiger partial charge < -0.3 is 20.3 Å². The van der Waals surface area contributed by atoms with Crippen LogP contribution in [0.1, 0.15) is 11.7 Å². The second kappa shape index (κ2) is 10.6. The van der Waals surface area contributed by atoms with Gasteiger partial charge in [0.2, 0.25) is 10.0 Å². The Kier molecular flexibility index (Phi) is 8.04. The number of thiophene rings is 1. The van der Waals surface area contributed by atoms with Crippen molar-refractivity contribution in [1.82, 2.24) is 5.32 Å². The third-order valence-electron chi connectivity index (χ3n) is 4.94. The number of phenolic OH excluding ortho intramolecular Hbond substituents is 1. The molecular formula is C23H25ClN2O5S2. The van der Waals surface area contributed by atoms with E-state index in [1.165, 1.54) is 32.3 Å². The standard InChI is InChI=1S/C23H24N2O5S2.ClH/c1-32(28,29)25-19-12-15(6-9-20(19)26)21(27)14-24-10-11-30-16-7-8-18-17-4-2-3-5-22(17)31-23(18)13-16;/h2-9,12-13,21,24-27H,10-11,14H2,1H3;1H/t21-;/m0./s1. The molecule has 33 heavy (non-hydrogen) atoms. The summed E-state index contributed by atoms with van der Waals surface area (Å²) in [6.45, 7) is 1.20. The molecule has 0 aliphatic heterocycles. The van der Waals surface area contributed by atoms with Crippen LogP contribution in [0.2, 0.25) is 0 Å². The number of anilines is 1. The van der Waals surface area contributed by atoms with Gasteiger partial charge in [0.1, 0.15) is 18.1 Å². The van der Waals surface area contributed by atoms with Crippen LogP contribution < -0.4 is 14.8 Å². The van der Waals surface area contributed by atoms with Crippen molar-refractivity contribution in [3.63, 3.8) is 0 Å². The average molecular weight is 509 g/mol. The van der Waals surface area contributed by atoms with Gasteiger partial charge in [-0.05, 0) is 42.0 Å². The largest absolute Gasteiger partial charge is 0.506 e.